The van der Waals surface area contributed by atoms with Crippen molar-refractivity contribution in [2.24, 2.45) is 0 Å². The third-order valence-electron chi connectivity index (χ3n) is 3.98. The molecular weight excluding hydrogens is 370 g/mol. The Labute approximate surface area is 177 Å². The van der Waals surface area contributed by atoms with E-state index in [1.807, 2.05) is 54.4 Å². The second kappa shape index (κ2) is 9.33. The maximum absolute atomic E-state index is 9.43. The predicted octanol–water partition coefficient (Wildman–Crippen LogP) is 4.42. The van der Waals surface area contributed by atoms with Crippen molar-refractivity contribution in [3.05, 3.63) is 87.8 Å². The van der Waals surface area contributed by atoms with E-state index in [9.17, 15) is 21.2 Å². The Hall–Kier alpha value is -4.20. The molecule has 0 amide bonds. The topological polar surface area (TPSA) is 93.7 Å². The van der Waals surface area contributed by atoms with Crippen molar-refractivity contribution < 1.29 is 4.48 Å². The van der Waals surface area contributed by atoms with Gasteiger partial charge in [-0.3, -0.25) is 0 Å². The highest BCUT2D eigenvalue weighted by Gasteiger charge is 2.31. The quantitative estimate of drug-likeness (QED) is 0.431. The lowest BCUT2D eigenvalue weighted by Gasteiger charge is -2.14. The second-order valence-corrected chi connectivity index (χ2v) is 7.92. The summed E-state index contributed by atoms with van der Waals surface area (Å²) in [5, 5.41) is 37.7. The lowest BCUT2D eigenvalue weighted by molar-refractivity contribution is -0.849. The van der Waals surface area contributed by atoms with Crippen LogP contribution in [-0.2, 0) is 0 Å². The van der Waals surface area contributed by atoms with Crippen LogP contribution in [0, 0.1) is 34.0 Å². The maximum atomic E-state index is 9.43. The molecule has 1 aliphatic carbocycles. The average Bonchev–Trinajstić information content (AvgIpc) is 3.05. The fraction of sp³-hybridized carbons (Fsp3) is 0.160. The summed E-state index contributed by atoms with van der Waals surface area (Å²) >= 11 is 0. The van der Waals surface area contributed by atoms with E-state index < -0.39 is 0 Å². The number of allylic oxidation sites excluding steroid dienone is 5. The molecule has 0 saturated heterocycles. The summed E-state index contributed by atoms with van der Waals surface area (Å²) in [6, 6.07) is 22.2. The van der Waals surface area contributed by atoms with Gasteiger partial charge in [-0.1, -0.05) is 54.6 Å². The Kier molecular flexibility index (Phi) is 6.87. The average molecular weight is 391 g/mol. The fourth-order valence-electron chi connectivity index (χ4n) is 3.00. The summed E-state index contributed by atoms with van der Waals surface area (Å²) in [5.41, 5.74) is 3.50. The molecule has 0 radical (unpaired) electrons. The van der Waals surface area contributed by atoms with Crippen molar-refractivity contribution in [2.75, 3.05) is 28.2 Å². The first kappa shape index (κ1) is 22.1. The third-order valence-corrected chi connectivity index (χ3v) is 3.98. The van der Waals surface area contributed by atoms with E-state index in [1.165, 1.54) is 0 Å². The molecular formula is C25H21N5. The van der Waals surface area contributed by atoms with Gasteiger partial charge >= 0.3 is 0 Å². The van der Waals surface area contributed by atoms with E-state index in [2.05, 4.69) is 28.2 Å². The third kappa shape index (κ3) is 4.79. The van der Waals surface area contributed by atoms with Gasteiger partial charge in [-0.25, -0.2) is 5.87 Å². The molecule has 0 heterocycles. The van der Waals surface area contributed by atoms with Gasteiger partial charge in [0.25, 0.3) is 0 Å². The number of fused-ring (bicyclic) bond motifs is 1. The molecule has 146 valence electrons. The fourth-order valence-corrected chi connectivity index (χ4v) is 3.00. The molecule has 0 aliphatic heterocycles. The van der Waals surface area contributed by atoms with Crippen LogP contribution in [0.1, 0.15) is 16.7 Å². The molecule has 3 rings (SSSR count). The van der Waals surface area contributed by atoms with E-state index >= 15 is 0 Å². The Bertz CT molecular complexity index is 1180. The minimum Gasteiger partial charge on any atom is -0.762 e. The molecule has 0 spiro atoms. The first-order valence-corrected chi connectivity index (χ1v) is 9.17. The molecule has 0 N–H and O–H groups in total. The molecule has 5 nitrogen and oxygen atoms in total. The van der Waals surface area contributed by atoms with Gasteiger partial charge in [-0.05, 0) is 16.7 Å². The minimum atomic E-state index is -0.0449. The van der Waals surface area contributed by atoms with Gasteiger partial charge in [-0.15, -0.1) is 0 Å². The SMILES string of the molecule is C[N+](C)(C)C.N#CC(=C=[N-])C1=C(c2ccccc2)C(=C(C#N)C#N)c2ccccc21. The summed E-state index contributed by atoms with van der Waals surface area (Å²) in [6.45, 7) is 0. The Morgan fingerprint density at radius 2 is 1.27 bits per heavy atom. The Morgan fingerprint density at radius 3 is 1.73 bits per heavy atom. The van der Waals surface area contributed by atoms with Crippen molar-refractivity contribution in [3.63, 3.8) is 0 Å². The van der Waals surface area contributed by atoms with Crippen LogP contribution in [0.25, 0.3) is 22.1 Å². The molecule has 1 aliphatic rings. The van der Waals surface area contributed by atoms with Gasteiger partial charge in [0.05, 0.1) is 33.8 Å². The van der Waals surface area contributed by atoms with Crippen LogP contribution in [0.2, 0.25) is 0 Å². The van der Waals surface area contributed by atoms with Crippen LogP contribution in [0.4, 0.5) is 0 Å². The zero-order valence-corrected chi connectivity index (χ0v) is 17.4. The standard InChI is InChI=1S/C21H9N4.C4H12N/c22-10-15(11-23)19-17-8-4-5-9-18(17)20(16(12-24)13-25)21(19)14-6-2-1-3-7-14;1-5(2,3)4/h1-9H;1-4H3/q-1;+1. The number of hydrogen-bond donors (Lipinski definition) is 0. The zero-order valence-electron chi connectivity index (χ0n) is 17.4. The number of nitriles is 3. The predicted molar refractivity (Wildman–Crippen MR) is 119 cm³/mol. The van der Waals surface area contributed by atoms with Crippen LogP contribution in [-0.4, -0.2) is 38.5 Å². The Balaban J connectivity index is 0.000000575. The number of quaternary nitrogens is 1. The van der Waals surface area contributed by atoms with Gasteiger partial charge in [0.2, 0.25) is 0 Å². The molecule has 0 fully saturated rings. The normalized spacial score (nSPS) is 11.7. The number of rotatable bonds is 2. The summed E-state index contributed by atoms with van der Waals surface area (Å²) in [5.74, 6) is 1.94. The highest BCUT2D eigenvalue weighted by atomic mass is 15.2. The summed E-state index contributed by atoms with van der Waals surface area (Å²) in [7, 11) is 8.50. The van der Waals surface area contributed by atoms with E-state index in [0.29, 0.717) is 27.8 Å². The molecule has 2 aromatic rings. The second-order valence-electron chi connectivity index (χ2n) is 7.92. The molecule has 0 atom stereocenters. The first-order valence-electron chi connectivity index (χ1n) is 9.17. The minimum absolute atomic E-state index is 0.0449. The lowest BCUT2D eigenvalue weighted by atomic mass is 9.91. The van der Waals surface area contributed by atoms with E-state index in [1.54, 1.807) is 24.3 Å². The maximum Gasteiger partial charge on any atom is 0.138 e. The van der Waals surface area contributed by atoms with Crippen molar-refractivity contribution in [1.82, 2.24) is 0 Å². The van der Waals surface area contributed by atoms with E-state index in [0.717, 1.165) is 10.0 Å². The van der Waals surface area contributed by atoms with Crippen LogP contribution in [0.15, 0.2) is 65.7 Å². The molecule has 0 unspecified atom stereocenters. The van der Waals surface area contributed by atoms with E-state index in [-0.39, 0.29) is 11.1 Å². The van der Waals surface area contributed by atoms with Crippen LogP contribution in [0.3, 0.4) is 0 Å². The molecule has 5 heteroatoms. The number of benzene rings is 2. The summed E-state index contributed by atoms with van der Waals surface area (Å²) in [4.78, 5) is 0. The van der Waals surface area contributed by atoms with Gasteiger partial charge in [0.15, 0.2) is 0 Å². The highest BCUT2D eigenvalue weighted by Crippen LogP contribution is 2.49. The first-order chi connectivity index (χ1) is 14.3. The van der Waals surface area contributed by atoms with Crippen LogP contribution >= 0.6 is 0 Å². The Morgan fingerprint density at radius 1 is 0.767 bits per heavy atom. The molecule has 2 aromatic carbocycles. The van der Waals surface area contributed by atoms with Gasteiger partial charge in [0.1, 0.15) is 23.8 Å². The highest BCUT2D eigenvalue weighted by molar-refractivity contribution is 6.27. The summed E-state index contributed by atoms with van der Waals surface area (Å²) < 4.78 is 1.00. The van der Waals surface area contributed by atoms with Crippen molar-refractivity contribution in [3.8, 4) is 18.2 Å². The van der Waals surface area contributed by atoms with Gasteiger partial charge in [-0.2, -0.15) is 15.8 Å². The van der Waals surface area contributed by atoms with E-state index in [4.69, 9.17) is 0 Å². The van der Waals surface area contributed by atoms with Crippen LogP contribution < -0.4 is 0 Å². The number of nitrogens with zero attached hydrogens (tertiary/aromatic N) is 5. The molecule has 0 saturated carbocycles. The van der Waals surface area contributed by atoms with Crippen molar-refractivity contribution in [2.45, 2.75) is 0 Å². The molecule has 0 bridgehead atoms. The van der Waals surface area contributed by atoms with Crippen molar-refractivity contribution >= 4 is 22.6 Å². The number of hydrogen-bond acceptors (Lipinski definition) is 3. The zero-order chi connectivity index (χ0) is 22.3. The van der Waals surface area contributed by atoms with Gasteiger partial charge < -0.3 is 9.89 Å². The molecule has 0 aromatic heterocycles. The van der Waals surface area contributed by atoms with Crippen LogP contribution in [0.5, 0.6) is 0 Å². The molecule has 30 heavy (non-hydrogen) atoms. The largest absolute Gasteiger partial charge is 0.762 e. The monoisotopic (exact) mass is 391 g/mol. The summed E-state index contributed by atoms with van der Waals surface area (Å²) in [6.07, 6.45) is 0. The van der Waals surface area contributed by atoms with Gasteiger partial charge in [0, 0.05) is 16.7 Å². The smallest absolute Gasteiger partial charge is 0.138 e. The lowest BCUT2D eigenvalue weighted by Crippen LogP contribution is -2.27. The van der Waals surface area contributed by atoms with Crippen molar-refractivity contribution in [1.29, 1.82) is 15.8 Å².